The molecule has 1 aromatic rings. The molecule has 0 saturated carbocycles. The summed E-state index contributed by atoms with van der Waals surface area (Å²) >= 11 is 0. The van der Waals surface area contributed by atoms with E-state index in [4.69, 9.17) is 4.74 Å². The molecule has 0 spiro atoms. The van der Waals surface area contributed by atoms with Gasteiger partial charge in [0.1, 0.15) is 5.54 Å². The van der Waals surface area contributed by atoms with Crippen LogP contribution in [0.2, 0.25) is 0 Å². The number of rotatable bonds is 7. The molecule has 0 saturated heterocycles. The molecule has 0 amide bonds. The van der Waals surface area contributed by atoms with Crippen molar-refractivity contribution in [3.63, 3.8) is 0 Å². The first-order valence-electron chi connectivity index (χ1n) is 7.51. The highest BCUT2D eigenvalue weighted by Crippen LogP contribution is 2.18. The molecule has 0 heterocycles. The number of hydrogen-bond donors (Lipinski definition) is 1. The summed E-state index contributed by atoms with van der Waals surface area (Å²) in [6, 6.07) is 8.48. The highest BCUT2D eigenvalue weighted by molar-refractivity contribution is 5.81. The highest BCUT2D eigenvalue weighted by atomic mass is 16.5. The van der Waals surface area contributed by atoms with E-state index in [9.17, 15) is 4.79 Å². The zero-order chi connectivity index (χ0) is 16.0. The highest BCUT2D eigenvalue weighted by Gasteiger charge is 2.36. The Morgan fingerprint density at radius 1 is 1.33 bits per heavy atom. The predicted octanol–water partition coefficient (Wildman–Crippen LogP) is 2.75. The summed E-state index contributed by atoms with van der Waals surface area (Å²) in [5.41, 5.74) is 1.58. The quantitative estimate of drug-likeness (QED) is 0.785. The first-order valence-corrected chi connectivity index (χ1v) is 7.51. The number of anilines is 1. The van der Waals surface area contributed by atoms with Crippen LogP contribution in [-0.2, 0) is 9.53 Å². The number of carbonyl (C=O) groups excluding carboxylic acids is 1. The van der Waals surface area contributed by atoms with Crippen molar-refractivity contribution in [1.82, 2.24) is 5.32 Å². The fourth-order valence-electron chi connectivity index (χ4n) is 2.46. The average molecular weight is 292 g/mol. The van der Waals surface area contributed by atoms with E-state index in [1.165, 1.54) is 5.56 Å². The molecular weight excluding hydrogens is 264 g/mol. The third-order valence-corrected chi connectivity index (χ3v) is 3.36. The van der Waals surface area contributed by atoms with Crippen LogP contribution in [-0.4, -0.2) is 37.7 Å². The lowest BCUT2D eigenvalue weighted by molar-refractivity contribution is -0.150. The smallest absolute Gasteiger partial charge is 0.327 e. The Hall–Kier alpha value is -1.55. The van der Waals surface area contributed by atoms with E-state index in [1.54, 1.807) is 0 Å². The molecule has 0 fully saturated rings. The van der Waals surface area contributed by atoms with Crippen LogP contribution in [0.15, 0.2) is 24.3 Å². The number of carbonyl (C=O) groups is 1. The van der Waals surface area contributed by atoms with E-state index in [0.717, 1.165) is 5.69 Å². The van der Waals surface area contributed by atoms with Gasteiger partial charge in [0.15, 0.2) is 0 Å². The Kier molecular flexibility index (Phi) is 6.21. The molecule has 0 radical (unpaired) electrons. The second-order valence-corrected chi connectivity index (χ2v) is 6.04. The van der Waals surface area contributed by atoms with Crippen LogP contribution in [0.5, 0.6) is 0 Å². The van der Waals surface area contributed by atoms with Gasteiger partial charge in [0.05, 0.1) is 6.61 Å². The summed E-state index contributed by atoms with van der Waals surface area (Å²) < 4.78 is 5.24. The van der Waals surface area contributed by atoms with E-state index >= 15 is 0 Å². The van der Waals surface area contributed by atoms with Crippen molar-refractivity contribution in [2.45, 2.75) is 46.2 Å². The molecule has 0 aliphatic carbocycles. The molecule has 118 valence electrons. The minimum absolute atomic E-state index is 0.200. The van der Waals surface area contributed by atoms with E-state index < -0.39 is 5.54 Å². The Labute approximate surface area is 128 Å². The number of ether oxygens (including phenoxy) is 1. The molecular formula is C17H28N2O2. The molecule has 1 atom stereocenters. The summed E-state index contributed by atoms with van der Waals surface area (Å²) in [4.78, 5) is 14.4. The fraction of sp³-hybridized carbons (Fsp3) is 0.588. The molecule has 1 unspecified atom stereocenters. The lowest BCUT2D eigenvalue weighted by Gasteiger charge is -2.35. The largest absolute Gasteiger partial charge is 0.465 e. The molecule has 21 heavy (non-hydrogen) atoms. The molecule has 0 aliphatic heterocycles. The molecule has 4 heteroatoms. The second-order valence-electron chi connectivity index (χ2n) is 6.04. The van der Waals surface area contributed by atoms with Gasteiger partial charge >= 0.3 is 5.97 Å². The Morgan fingerprint density at radius 2 is 1.90 bits per heavy atom. The van der Waals surface area contributed by atoms with Crippen LogP contribution >= 0.6 is 0 Å². The van der Waals surface area contributed by atoms with Gasteiger partial charge in [0.25, 0.3) is 0 Å². The van der Waals surface area contributed by atoms with Gasteiger partial charge in [-0.25, -0.2) is 4.79 Å². The predicted molar refractivity (Wildman–Crippen MR) is 87.8 cm³/mol. The van der Waals surface area contributed by atoms with Gasteiger partial charge in [-0.05, 0) is 46.8 Å². The minimum atomic E-state index is -0.732. The Bertz CT molecular complexity index is 456. The first-order chi connectivity index (χ1) is 9.78. The van der Waals surface area contributed by atoms with Crippen molar-refractivity contribution >= 4 is 11.7 Å². The maximum Gasteiger partial charge on any atom is 0.327 e. The fourth-order valence-corrected chi connectivity index (χ4v) is 2.46. The maximum absolute atomic E-state index is 12.3. The van der Waals surface area contributed by atoms with Crippen molar-refractivity contribution in [2.24, 2.45) is 0 Å². The molecule has 4 nitrogen and oxygen atoms in total. The van der Waals surface area contributed by atoms with Gasteiger partial charge in [0.2, 0.25) is 0 Å². The number of nitrogens with one attached hydrogen (secondary N) is 1. The first kappa shape index (κ1) is 17.5. The number of likely N-dealkylation sites (N-methyl/N-ethyl adjacent to an activating group) is 1. The molecule has 0 aromatic heterocycles. The number of hydrogen-bond acceptors (Lipinski definition) is 4. The van der Waals surface area contributed by atoms with Crippen LogP contribution in [0.25, 0.3) is 0 Å². The lowest BCUT2D eigenvalue weighted by atomic mass is 10.00. The van der Waals surface area contributed by atoms with Crippen molar-refractivity contribution in [1.29, 1.82) is 0 Å². The number of nitrogens with zero attached hydrogens (tertiary/aromatic N) is 1. The van der Waals surface area contributed by atoms with E-state index in [-0.39, 0.29) is 12.0 Å². The zero-order valence-electron chi connectivity index (χ0n) is 14.1. The normalized spacial score (nSPS) is 13.9. The minimum Gasteiger partial charge on any atom is -0.465 e. The van der Waals surface area contributed by atoms with Crippen molar-refractivity contribution < 1.29 is 9.53 Å². The zero-order valence-corrected chi connectivity index (χ0v) is 14.1. The average Bonchev–Trinajstić information content (AvgIpc) is 2.38. The monoisotopic (exact) mass is 292 g/mol. The van der Waals surface area contributed by atoms with Crippen molar-refractivity contribution in [2.75, 3.05) is 25.1 Å². The van der Waals surface area contributed by atoms with Crippen LogP contribution in [0.4, 0.5) is 5.69 Å². The lowest BCUT2D eigenvalue weighted by Crippen LogP contribution is -2.59. The Balaban J connectivity index is 2.89. The molecule has 0 aliphatic rings. The van der Waals surface area contributed by atoms with Gasteiger partial charge in [-0.3, -0.25) is 5.32 Å². The van der Waals surface area contributed by atoms with Crippen LogP contribution in [0.3, 0.4) is 0 Å². The van der Waals surface area contributed by atoms with Gasteiger partial charge in [-0.2, -0.15) is 0 Å². The van der Waals surface area contributed by atoms with Gasteiger partial charge in [0, 0.05) is 25.3 Å². The van der Waals surface area contributed by atoms with Crippen LogP contribution < -0.4 is 10.2 Å². The van der Waals surface area contributed by atoms with Crippen LogP contribution in [0, 0.1) is 6.92 Å². The van der Waals surface area contributed by atoms with Crippen molar-refractivity contribution in [3.8, 4) is 0 Å². The molecule has 1 rings (SSSR count). The summed E-state index contributed by atoms with van der Waals surface area (Å²) in [6.07, 6.45) is 0. The van der Waals surface area contributed by atoms with Crippen LogP contribution in [0.1, 0.15) is 33.3 Å². The van der Waals surface area contributed by atoms with Gasteiger partial charge in [-0.15, -0.1) is 0 Å². The third-order valence-electron chi connectivity index (χ3n) is 3.36. The Morgan fingerprint density at radius 3 is 2.38 bits per heavy atom. The maximum atomic E-state index is 12.3. The molecule has 1 N–H and O–H groups in total. The number of aryl methyl sites for hydroxylation is 1. The SMILES string of the molecule is CCOC(=O)C(C)(CN(C)c1ccc(C)cc1)NC(C)C. The van der Waals surface area contributed by atoms with E-state index in [1.807, 2.05) is 34.7 Å². The number of benzene rings is 1. The summed E-state index contributed by atoms with van der Waals surface area (Å²) in [6.45, 7) is 10.8. The number of esters is 1. The van der Waals surface area contributed by atoms with Gasteiger partial charge < -0.3 is 9.64 Å². The van der Waals surface area contributed by atoms with E-state index in [2.05, 4.69) is 41.4 Å². The third kappa shape index (κ3) is 5.05. The van der Waals surface area contributed by atoms with Crippen molar-refractivity contribution in [3.05, 3.63) is 29.8 Å². The second kappa shape index (κ2) is 7.46. The standard InChI is InChI=1S/C17H28N2O2/c1-7-21-16(20)17(5,18-13(2)3)12-19(6)15-10-8-14(4)9-11-15/h8-11,13,18H,7,12H2,1-6H3. The summed E-state index contributed by atoms with van der Waals surface area (Å²) in [7, 11) is 1.99. The van der Waals surface area contributed by atoms with E-state index in [0.29, 0.717) is 13.2 Å². The van der Waals surface area contributed by atoms with Gasteiger partial charge in [-0.1, -0.05) is 17.7 Å². The molecule has 1 aromatic carbocycles. The topological polar surface area (TPSA) is 41.6 Å². The summed E-state index contributed by atoms with van der Waals surface area (Å²) in [5, 5.41) is 3.34. The molecule has 0 bridgehead atoms. The summed E-state index contributed by atoms with van der Waals surface area (Å²) in [5.74, 6) is -0.210.